The predicted molar refractivity (Wildman–Crippen MR) is 177 cm³/mol. The molecule has 47 heavy (non-hydrogen) atoms. The molecule has 6 rings (SSSR count). The van der Waals surface area contributed by atoms with Crippen LogP contribution < -0.4 is 16.4 Å². The fraction of sp³-hybridized carbons (Fsp3) is 0.200. The average Bonchev–Trinajstić information content (AvgIpc) is 3.73. The zero-order chi connectivity index (χ0) is 33.1. The van der Waals surface area contributed by atoms with Crippen molar-refractivity contribution < 1.29 is 28.8 Å². The molecular weight excluding hydrogens is 665 g/mol. The maximum atomic E-state index is 14.2. The van der Waals surface area contributed by atoms with E-state index in [1.54, 1.807) is 5.38 Å². The molecule has 0 aliphatic carbocycles. The van der Waals surface area contributed by atoms with E-state index in [-0.39, 0.29) is 39.0 Å². The SMILES string of the molecule is CON=C(C(=O)NC1C(=O)N2C(C(=O)OC(c3ccccc3)c3ccccc3)=C(c3nnc(NC(C)=O)s3)CS[C@@H]12)c1csc(N)n1. The maximum Gasteiger partial charge on any atom is 0.356 e. The number of nitrogens with one attached hydrogen (secondary N) is 2. The monoisotopic (exact) mass is 690 g/mol. The Morgan fingerprint density at radius 3 is 2.34 bits per heavy atom. The number of carbonyl (C=O) groups is 4. The number of β-lactam (4-membered cyclic amide) rings is 1. The number of rotatable bonds is 10. The van der Waals surface area contributed by atoms with Gasteiger partial charge in [0.25, 0.3) is 11.8 Å². The topological polar surface area (TPSA) is 191 Å². The molecule has 1 fully saturated rings. The molecule has 0 bridgehead atoms. The number of ether oxygens (including phenoxy) is 1. The molecule has 17 heteroatoms. The van der Waals surface area contributed by atoms with E-state index in [0.29, 0.717) is 10.6 Å². The number of hydrogen-bond donors (Lipinski definition) is 3. The molecule has 2 aromatic carbocycles. The van der Waals surface area contributed by atoms with Crippen LogP contribution in [0.3, 0.4) is 0 Å². The van der Waals surface area contributed by atoms with E-state index < -0.39 is 35.3 Å². The molecule has 2 aliphatic heterocycles. The van der Waals surface area contributed by atoms with Crippen molar-refractivity contribution in [3.63, 3.8) is 0 Å². The van der Waals surface area contributed by atoms with Crippen LogP contribution in [0.25, 0.3) is 5.57 Å². The van der Waals surface area contributed by atoms with Crippen LogP contribution in [0.1, 0.15) is 34.9 Å². The second-order valence-corrected chi connectivity index (χ2v) is 13.1. The first-order valence-electron chi connectivity index (χ1n) is 14.0. The highest BCUT2D eigenvalue weighted by Crippen LogP contribution is 2.45. The molecule has 3 amide bonds. The van der Waals surface area contributed by atoms with Crippen LogP contribution >= 0.6 is 34.4 Å². The van der Waals surface area contributed by atoms with Crippen molar-refractivity contribution >= 4 is 79.7 Å². The number of esters is 1. The number of aromatic nitrogens is 3. The Morgan fingerprint density at radius 1 is 1.06 bits per heavy atom. The molecule has 1 saturated heterocycles. The van der Waals surface area contributed by atoms with Crippen molar-refractivity contribution in [2.24, 2.45) is 5.16 Å². The molecular formula is C30H26N8O6S3. The van der Waals surface area contributed by atoms with E-state index in [1.807, 2.05) is 60.7 Å². The summed E-state index contributed by atoms with van der Waals surface area (Å²) in [6.07, 6.45) is -0.790. The van der Waals surface area contributed by atoms with Crippen molar-refractivity contribution in [3.8, 4) is 0 Å². The first kappa shape index (κ1) is 31.8. The molecule has 4 heterocycles. The molecule has 1 unspecified atom stereocenters. The summed E-state index contributed by atoms with van der Waals surface area (Å²) in [4.78, 5) is 63.2. The van der Waals surface area contributed by atoms with Gasteiger partial charge in [-0.05, 0) is 11.1 Å². The van der Waals surface area contributed by atoms with Crippen molar-refractivity contribution in [3.05, 3.63) is 93.6 Å². The van der Waals surface area contributed by atoms with Crippen LogP contribution in [0.2, 0.25) is 0 Å². The van der Waals surface area contributed by atoms with E-state index in [1.165, 1.54) is 30.7 Å². The lowest BCUT2D eigenvalue weighted by Gasteiger charge is -2.49. The Morgan fingerprint density at radius 2 is 1.74 bits per heavy atom. The van der Waals surface area contributed by atoms with Gasteiger partial charge < -0.3 is 25.9 Å². The Bertz CT molecular complexity index is 1860. The number of benzene rings is 2. The fourth-order valence-electron chi connectivity index (χ4n) is 4.97. The van der Waals surface area contributed by atoms with E-state index >= 15 is 0 Å². The predicted octanol–water partition coefficient (Wildman–Crippen LogP) is 3.03. The van der Waals surface area contributed by atoms with Crippen molar-refractivity contribution in [1.82, 2.24) is 25.4 Å². The highest BCUT2D eigenvalue weighted by molar-refractivity contribution is 8.00. The number of hydrogen-bond acceptors (Lipinski definition) is 14. The molecule has 4 aromatic rings. The summed E-state index contributed by atoms with van der Waals surface area (Å²) >= 11 is 3.51. The number of nitrogen functional groups attached to an aromatic ring is 1. The number of nitrogens with two attached hydrogens (primary N) is 1. The Hall–Kier alpha value is -5.13. The Balaban J connectivity index is 1.33. The van der Waals surface area contributed by atoms with E-state index in [0.717, 1.165) is 33.8 Å². The summed E-state index contributed by atoms with van der Waals surface area (Å²) in [7, 11) is 1.28. The summed E-state index contributed by atoms with van der Waals surface area (Å²) in [6, 6.07) is 17.5. The highest BCUT2D eigenvalue weighted by Gasteiger charge is 2.55. The number of fused-ring (bicyclic) bond motifs is 1. The van der Waals surface area contributed by atoms with E-state index in [9.17, 15) is 19.2 Å². The second-order valence-electron chi connectivity index (χ2n) is 10.1. The molecule has 0 radical (unpaired) electrons. The summed E-state index contributed by atoms with van der Waals surface area (Å²) in [6.45, 7) is 1.34. The molecule has 2 aliphatic rings. The van der Waals surface area contributed by atoms with Crippen LogP contribution in [0, 0.1) is 0 Å². The summed E-state index contributed by atoms with van der Waals surface area (Å²) in [5.41, 5.74) is 7.61. The minimum Gasteiger partial charge on any atom is -0.448 e. The van der Waals surface area contributed by atoms with Gasteiger partial charge in [-0.1, -0.05) is 77.2 Å². The first-order chi connectivity index (χ1) is 22.7. The molecule has 14 nitrogen and oxygen atoms in total. The van der Waals surface area contributed by atoms with Gasteiger partial charge in [0.15, 0.2) is 16.9 Å². The Kier molecular flexibility index (Phi) is 9.28. The average molecular weight is 691 g/mol. The number of carbonyl (C=O) groups excluding carboxylic acids is 4. The second kappa shape index (κ2) is 13.7. The molecule has 4 N–H and O–H groups in total. The minimum atomic E-state index is -1.00. The van der Waals surface area contributed by atoms with Gasteiger partial charge >= 0.3 is 5.97 Å². The van der Waals surface area contributed by atoms with Gasteiger partial charge in [-0.2, -0.15) is 0 Å². The normalized spacial score (nSPS) is 17.6. The third kappa shape index (κ3) is 6.58. The van der Waals surface area contributed by atoms with Crippen LogP contribution in [-0.4, -0.2) is 73.8 Å². The number of anilines is 2. The maximum absolute atomic E-state index is 14.2. The molecule has 2 aromatic heterocycles. The fourth-order valence-corrected chi connectivity index (χ4v) is 7.79. The van der Waals surface area contributed by atoms with E-state index in [4.69, 9.17) is 15.3 Å². The summed E-state index contributed by atoms with van der Waals surface area (Å²) in [5, 5.41) is 19.0. The number of nitrogens with zero attached hydrogens (tertiary/aromatic N) is 5. The Labute approximate surface area is 280 Å². The number of thiazole rings is 1. The zero-order valence-corrected chi connectivity index (χ0v) is 27.2. The van der Waals surface area contributed by atoms with Gasteiger partial charge in [-0.15, -0.1) is 33.3 Å². The standard InChI is InChI=1S/C30H26N8O6S3/c1-15(39)32-30-36-35-25(47-30)18-13-45-27-21(34-24(40)20(37-43-2)19-14-46-29(31)33-19)26(41)38(27)22(18)28(42)44-23(16-9-5-3-6-10-16)17-11-7-4-8-12-17/h3-12,14,21,23,27H,13H2,1-2H3,(H2,31,33)(H,34,40)(H,32,36,39)/t21?,27-/m0/s1. The minimum absolute atomic E-state index is 0.0234. The first-order valence-corrected chi connectivity index (χ1v) is 16.7. The van der Waals surface area contributed by atoms with Gasteiger partial charge in [-0.3, -0.25) is 19.3 Å². The van der Waals surface area contributed by atoms with Crippen LogP contribution in [0.5, 0.6) is 0 Å². The lowest BCUT2D eigenvalue weighted by molar-refractivity contribution is -0.154. The van der Waals surface area contributed by atoms with Gasteiger partial charge in [0.1, 0.15) is 34.9 Å². The van der Waals surface area contributed by atoms with Crippen LogP contribution in [0.4, 0.5) is 10.3 Å². The van der Waals surface area contributed by atoms with Gasteiger partial charge in [0, 0.05) is 23.6 Å². The third-order valence-corrected chi connectivity index (χ3v) is 9.86. The number of thioether (sulfide) groups is 1. The quantitative estimate of drug-likeness (QED) is 0.0960. The zero-order valence-electron chi connectivity index (χ0n) is 24.8. The molecule has 0 saturated carbocycles. The molecule has 2 atom stereocenters. The van der Waals surface area contributed by atoms with Crippen LogP contribution in [-0.2, 0) is 28.8 Å². The molecule has 0 spiro atoms. The summed E-state index contributed by atoms with van der Waals surface area (Å²) < 4.78 is 6.18. The van der Waals surface area contributed by atoms with Gasteiger partial charge in [-0.25, -0.2) is 9.78 Å². The van der Waals surface area contributed by atoms with Crippen molar-refractivity contribution in [2.75, 3.05) is 23.9 Å². The largest absolute Gasteiger partial charge is 0.448 e. The summed E-state index contributed by atoms with van der Waals surface area (Å²) in [5.74, 6) is -2.12. The van der Waals surface area contributed by atoms with Crippen LogP contribution in [0.15, 0.2) is 76.9 Å². The lowest BCUT2D eigenvalue weighted by Crippen LogP contribution is -2.71. The number of oxime groups is 1. The van der Waals surface area contributed by atoms with Gasteiger partial charge in [0.05, 0.1) is 0 Å². The number of amides is 3. The third-order valence-electron chi connectivity index (χ3n) is 7.01. The highest BCUT2D eigenvalue weighted by atomic mass is 32.2. The van der Waals surface area contributed by atoms with Crippen molar-refractivity contribution in [1.29, 1.82) is 0 Å². The smallest absolute Gasteiger partial charge is 0.356 e. The van der Waals surface area contributed by atoms with E-state index in [2.05, 4.69) is 31.0 Å². The van der Waals surface area contributed by atoms with Crippen molar-refractivity contribution in [2.45, 2.75) is 24.4 Å². The molecule has 240 valence electrons. The van der Waals surface area contributed by atoms with Gasteiger partial charge in [0.2, 0.25) is 11.0 Å². The lowest BCUT2D eigenvalue weighted by atomic mass is 10.0.